The molecule has 45 heavy (non-hydrogen) atoms. The Balaban J connectivity index is 1.36. The number of rotatable bonds is 10. The number of sulfonamides is 1. The van der Waals surface area contributed by atoms with Gasteiger partial charge in [-0.3, -0.25) is 4.72 Å². The van der Waals surface area contributed by atoms with Crippen molar-refractivity contribution in [3.05, 3.63) is 161 Å². The van der Waals surface area contributed by atoms with Crippen LogP contribution in [0.3, 0.4) is 0 Å². The Bertz CT molecular complexity index is 1820. The lowest BCUT2D eigenvalue weighted by Gasteiger charge is -2.43. The van der Waals surface area contributed by atoms with E-state index in [0.717, 1.165) is 21.4 Å². The minimum absolute atomic E-state index is 0.0725. The molecule has 1 saturated heterocycles. The van der Waals surface area contributed by atoms with Gasteiger partial charge in [0.25, 0.3) is 15.0 Å². The molecule has 0 saturated carbocycles. The number of benzene rings is 4. The van der Waals surface area contributed by atoms with E-state index in [-0.39, 0.29) is 17.4 Å². The predicted octanol–water partition coefficient (Wildman–Crippen LogP) is 6.34. The summed E-state index contributed by atoms with van der Waals surface area (Å²) >= 11 is 1.41. The lowest BCUT2D eigenvalue weighted by molar-refractivity contribution is -0.645. The zero-order valence-electron chi connectivity index (χ0n) is 24.2. The third kappa shape index (κ3) is 7.22. The van der Waals surface area contributed by atoms with Crippen molar-refractivity contribution in [1.82, 2.24) is 0 Å². The summed E-state index contributed by atoms with van der Waals surface area (Å²) in [5, 5.41) is 22.7. The monoisotopic (exact) mass is 640 g/mol. The largest absolute Gasteiger partial charge is 0.618 e. The molecular formula is C35H32N2O6S2. The van der Waals surface area contributed by atoms with Gasteiger partial charge in [0.15, 0.2) is 12.5 Å². The van der Waals surface area contributed by atoms with E-state index < -0.39 is 28.5 Å². The molecule has 1 aliphatic rings. The molecule has 0 spiro atoms. The third-order valence-corrected chi connectivity index (χ3v) is 10.1. The number of thioether (sulfide) groups is 1. The van der Waals surface area contributed by atoms with E-state index in [9.17, 15) is 18.7 Å². The summed E-state index contributed by atoms with van der Waals surface area (Å²) in [6.07, 6.45) is -0.222. The first-order valence-corrected chi connectivity index (χ1v) is 16.9. The highest BCUT2D eigenvalue weighted by Crippen LogP contribution is 2.48. The third-order valence-electron chi connectivity index (χ3n) is 7.62. The molecule has 0 radical (unpaired) electrons. The molecule has 1 fully saturated rings. The Morgan fingerprint density at radius 1 is 0.778 bits per heavy atom. The normalized spacial score (nSPS) is 20.0. The standard InChI is InChI=1S/C35H32N2O6S2/c38-23-25-17-19-27(20-18-25)34-33(26-10-3-1-4-11-26)31(24-44-32-16-7-8-21-37(32)39)42-35(43-34)28-12-9-13-29(22-28)36-45(40,41)30-14-5-2-6-15-30/h1-22,31,33-36,38H,23-24H2/t31-,33-,34+,35?/m1/s1. The average Bonchev–Trinajstić information content (AvgIpc) is 3.08. The fraction of sp³-hybridized carbons (Fsp3) is 0.171. The molecule has 10 heteroatoms. The second kappa shape index (κ2) is 13.8. The predicted molar refractivity (Wildman–Crippen MR) is 173 cm³/mol. The van der Waals surface area contributed by atoms with Gasteiger partial charge in [0, 0.05) is 35.1 Å². The topological polar surface area (TPSA) is 112 Å². The molecule has 0 aliphatic carbocycles. The van der Waals surface area contributed by atoms with Crippen molar-refractivity contribution in [2.45, 2.75) is 40.9 Å². The van der Waals surface area contributed by atoms with Gasteiger partial charge in [-0.25, -0.2) is 8.42 Å². The SMILES string of the molecule is O=S(=O)(Nc1cccc(C2O[C@H](CSc3cccc[n+]3[O-])[C@@H](c3ccccc3)[C@H](c3ccc(CO)cc3)O2)c1)c1ccccc1. The number of aliphatic hydroxyl groups excluding tert-OH is 1. The van der Waals surface area contributed by atoms with Crippen LogP contribution in [0.15, 0.2) is 144 Å². The Hall–Kier alpha value is -4.19. The zero-order chi connectivity index (χ0) is 31.2. The Morgan fingerprint density at radius 3 is 2.18 bits per heavy atom. The molecule has 0 amide bonds. The van der Waals surface area contributed by atoms with Crippen LogP contribution in [0.2, 0.25) is 0 Å². The fourth-order valence-electron chi connectivity index (χ4n) is 5.41. The van der Waals surface area contributed by atoms with E-state index in [2.05, 4.69) is 4.72 Å². The zero-order valence-corrected chi connectivity index (χ0v) is 25.8. The summed E-state index contributed by atoms with van der Waals surface area (Å²) in [7, 11) is -3.81. The molecule has 6 rings (SSSR count). The molecule has 1 aromatic heterocycles. The van der Waals surface area contributed by atoms with E-state index in [4.69, 9.17) is 9.47 Å². The fourth-order valence-corrected chi connectivity index (χ4v) is 7.46. The summed E-state index contributed by atoms with van der Waals surface area (Å²) in [6.45, 7) is -0.0725. The van der Waals surface area contributed by atoms with Crippen LogP contribution < -0.4 is 9.45 Å². The van der Waals surface area contributed by atoms with Gasteiger partial charge in [0.05, 0.1) is 23.7 Å². The quantitative estimate of drug-likeness (QED) is 0.104. The molecule has 1 aliphatic heterocycles. The maximum atomic E-state index is 13.1. The van der Waals surface area contributed by atoms with Crippen LogP contribution in [0.1, 0.15) is 40.6 Å². The van der Waals surface area contributed by atoms with Gasteiger partial charge in [-0.1, -0.05) is 96.7 Å². The van der Waals surface area contributed by atoms with Crippen LogP contribution in [-0.4, -0.2) is 25.4 Å². The summed E-state index contributed by atoms with van der Waals surface area (Å²) < 4.78 is 43.0. The van der Waals surface area contributed by atoms with Gasteiger partial charge in [0.2, 0.25) is 0 Å². The van der Waals surface area contributed by atoms with Gasteiger partial charge in [-0.2, -0.15) is 4.73 Å². The van der Waals surface area contributed by atoms with Crippen LogP contribution in [0.4, 0.5) is 5.69 Å². The van der Waals surface area contributed by atoms with Crippen LogP contribution in [0.5, 0.6) is 0 Å². The molecule has 4 aromatic carbocycles. The minimum atomic E-state index is -3.81. The minimum Gasteiger partial charge on any atom is -0.618 e. The molecule has 230 valence electrons. The van der Waals surface area contributed by atoms with Gasteiger partial charge in [-0.05, 0) is 47.0 Å². The molecule has 0 bridgehead atoms. The first-order valence-electron chi connectivity index (χ1n) is 14.5. The van der Waals surface area contributed by atoms with Gasteiger partial charge < -0.3 is 19.8 Å². The molecule has 2 heterocycles. The molecule has 1 unspecified atom stereocenters. The summed E-state index contributed by atoms with van der Waals surface area (Å²) in [5.74, 6) is 0.218. The molecular weight excluding hydrogens is 609 g/mol. The van der Waals surface area contributed by atoms with Crippen LogP contribution in [0, 0.1) is 5.21 Å². The van der Waals surface area contributed by atoms with E-state index >= 15 is 0 Å². The Kier molecular flexibility index (Phi) is 9.48. The van der Waals surface area contributed by atoms with E-state index in [0.29, 0.717) is 22.0 Å². The smallest absolute Gasteiger partial charge is 0.261 e. The maximum absolute atomic E-state index is 13.1. The van der Waals surface area contributed by atoms with Crippen LogP contribution in [0.25, 0.3) is 0 Å². The molecule has 2 N–H and O–H groups in total. The second-order valence-electron chi connectivity index (χ2n) is 10.6. The number of ether oxygens (including phenoxy) is 2. The Morgan fingerprint density at radius 2 is 1.47 bits per heavy atom. The number of hydrogen-bond donors (Lipinski definition) is 2. The highest BCUT2D eigenvalue weighted by Gasteiger charge is 2.42. The van der Waals surface area contributed by atoms with Crippen LogP contribution in [-0.2, 0) is 26.1 Å². The molecule has 8 nitrogen and oxygen atoms in total. The van der Waals surface area contributed by atoms with Crippen molar-refractivity contribution in [2.75, 3.05) is 10.5 Å². The van der Waals surface area contributed by atoms with Crippen LogP contribution >= 0.6 is 11.8 Å². The first kappa shape index (κ1) is 30.8. The van der Waals surface area contributed by atoms with Crippen molar-refractivity contribution in [1.29, 1.82) is 0 Å². The number of nitrogens with one attached hydrogen (secondary N) is 1. The van der Waals surface area contributed by atoms with Gasteiger partial charge in [0.1, 0.15) is 0 Å². The highest BCUT2D eigenvalue weighted by atomic mass is 32.2. The number of aromatic nitrogens is 1. The summed E-state index contributed by atoms with van der Waals surface area (Å²) in [4.78, 5) is 0.159. The number of pyridine rings is 1. The van der Waals surface area contributed by atoms with E-state index in [1.807, 2.05) is 66.7 Å². The number of anilines is 1. The highest BCUT2D eigenvalue weighted by molar-refractivity contribution is 7.99. The molecule has 4 atom stereocenters. The lowest BCUT2D eigenvalue weighted by atomic mass is 9.84. The number of hydrogen-bond acceptors (Lipinski definition) is 7. The molecule has 5 aromatic rings. The Labute approximate surface area is 266 Å². The van der Waals surface area contributed by atoms with Crippen molar-refractivity contribution >= 4 is 27.5 Å². The summed E-state index contributed by atoms with van der Waals surface area (Å²) in [5.41, 5.74) is 3.72. The van der Waals surface area contributed by atoms with Crippen molar-refractivity contribution in [3.63, 3.8) is 0 Å². The van der Waals surface area contributed by atoms with Crippen molar-refractivity contribution in [2.24, 2.45) is 0 Å². The lowest BCUT2D eigenvalue weighted by Crippen LogP contribution is -2.39. The van der Waals surface area contributed by atoms with E-state index in [1.165, 1.54) is 30.1 Å². The van der Waals surface area contributed by atoms with Crippen molar-refractivity contribution in [3.8, 4) is 0 Å². The number of aliphatic hydroxyl groups is 1. The van der Waals surface area contributed by atoms with Crippen molar-refractivity contribution < 1.29 is 27.7 Å². The maximum Gasteiger partial charge on any atom is 0.261 e. The second-order valence-corrected chi connectivity index (χ2v) is 13.3. The van der Waals surface area contributed by atoms with Gasteiger partial charge in [-0.15, -0.1) is 0 Å². The first-order chi connectivity index (χ1) is 21.9. The van der Waals surface area contributed by atoms with Gasteiger partial charge >= 0.3 is 0 Å². The summed E-state index contributed by atoms with van der Waals surface area (Å²) in [6, 6.07) is 38.1. The van der Waals surface area contributed by atoms with E-state index in [1.54, 1.807) is 48.5 Å². The number of nitrogens with zero attached hydrogens (tertiary/aromatic N) is 1. The average molecular weight is 641 g/mol.